The van der Waals surface area contributed by atoms with Gasteiger partial charge in [0.1, 0.15) is 11.5 Å². The maximum Gasteiger partial charge on any atom is 0.463 e. The van der Waals surface area contributed by atoms with Gasteiger partial charge in [-0.1, -0.05) is 178 Å². The number of benzene rings is 2. The Kier molecular flexibility index (Phi) is 13.7. The first-order valence-corrected chi connectivity index (χ1v) is 19.6. The summed E-state index contributed by atoms with van der Waals surface area (Å²) in [4.78, 5) is 0. The minimum Gasteiger partial charge on any atom is -0.417 e. The zero-order chi connectivity index (χ0) is 34.3. The van der Waals surface area contributed by atoms with E-state index in [1.165, 1.54) is 97.6 Å². The molecule has 0 fully saturated rings. The molecule has 0 bridgehead atoms. The second-order valence-electron chi connectivity index (χ2n) is 18.0. The third-order valence-corrected chi connectivity index (χ3v) is 10.4. The average Bonchev–Trinajstić information content (AvgIpc) is 2.91. The molecule has 260 valence electrons. The normalized spacial score (nSPS) is 14.6. The molecule has 0 radical (unpaired) electrons. The van der Waals surface area contributed by atoms with E-state index in [9.17, 15) is 0 Å². The number of hydrogen-bond donors (Lipinski definition) is 0. The minimum atomic E-state index is -1.63. The second-order valence-corrected chi connectivity index (χ2v) is 19.0. The molecule has 0 saturated heterocycles. The topological polar surface area (TPSA) is 27.7 Å². The molecular weight excluding hydrogens is 583 g/mol. The lowest BCUT2D eigenvalue weighted by Crippen LogP contribution is -2.22. The lowest BCUT2D eigenvalue weighted by Gasteiger charge is -2.34. The van der Waals surface area contributed by atoms with E-state index in [1.807, 2.05) is 0 Å². The smallest absolute Gasteiger partial charge is 0.417 e. The summed E-state index contributed by atoms with van der Waals surface area (Å²) < 4.78 is 20.4. The predicted molar refractivity (Wildman–Crippen MR) is 201 cm³/mol. The van der Waals surface area contributed by atoms with Crippen LogP contribution in [0, 0.1) is 0 Å². The van der Waals surface area contributed by atoms with Gasteiger partial charge in [0, 0.05) is 17.5 Å². The van der Waals surface area contributed by atoms with Crippen molar-refractivity contribution in [1.82, 2.24) is 0 Å². The Hall–Kier alpha value is -1.57. The van der Waals surface area contributed by atoms with E-state index in [1.54, 1.807) is 0 Å². The van der Waals surface area contributed by atoms with Gasteiger partial charge in [-0.15, -0.1) is 0 Å². The Bertz CT molecular complexity index is 1170. The molecule has 2 aromatic carbocycles. The van der Waals surface area contributed by atoms with E-state index in [-0.39, 0.29) is 21.7 Å². The fourth-order valence-corrected chi connectivity index (χ4v) is 7.32. The zero-order valence-electron chi connectivity index (χ0n) is 32.2. The number of unbranched alkanes of at least 4 members (excludes halogenated alkanes) is 10. The van der Waals surface area contributed by atoms with Gasteiger partial charge in [-0.05, 0) is 50.3 Å². The number of rotatable bonds is 13. The van der Waals surface area contributed by atoms with Gasteiger partial charge in [-0.25, -0.2) is 0 Å². The van der Waals surface area contributed by atoms with E-state index in [4.69, 9.17) is 13.6 Å². The Labute approximate surface area is 286 Å². The first-order valence-electron chi connectivity index (χ1n) is 18.5. The molecule has 3 nitrogen and oxygen atoms in total. The summed E-state index contributed by atoms with van der Waals surface area (Å²) >= 11 is 0. The zero-order valence-corrected chi connectivity index (χ0v) is 33.1. The SMILES string of the molecule is CCCCCCCCCCCCCOP1Oc2c(cc(C(C)(C)C)cc2C(C)(C)C)Cc2cc(C(C)(C)C)cc(C(C)(C)C)c2O1. The average molecular weight is 653 g/mol. The van der Waals surface area contributed by atoms with E-state index >= 15 is 0 Å². The van der Waals surface area contributed by atoms with Crippen molar-refractivity contribution in [2.24, 2.45) is 0 Å². The third kappa shape index (κ3) is 11.3. The molecule has 1 heterocycles. The van der Waals surface area contributed by atoms with Crippen LogP contribution in [0.3, 0.4) is 0 Å². The van der Waals surface area contributed by atoms with E-state index < -0.39 is 8.60 Å². The van der Waals surface area contributed by atoms with Crippen molar-refractivity contribution in [3.05, 3.63) is 57.6 Å². The van der Waals surface area contributed by atoms with Crippen molar-refractivity contribution < 1.29 is 13.6 Å². The van der Waals surface area contributed by atoms with Crippen LogP contribution in [-0.4, -0.2) is 6.61 Å². The van der Waals surface area contributed by atoms with E-state index in [0.29, 0.717) is 6.61 Å². The van der Waals surface area contributed by atoms with Crippen LogP contribution < -0.4 is 9.05 Å². The van der Waals surface area contributed by atoms with Gasteiger partial charge >= 0.3 is 8.60 Å². The van der Waals surface area contributed by atoms with Gasteiger partial charge in [0.25, 0.3) is 0 Å². The highest BCUT2D eigenvalue weighted by Gasteiger charge is 2.35. The standard InChI is InChI=1S/C42H69O3P/c1-14-15-16-17-18-19-20-21-22-23-24-25-43-46-44-37-31(27-33(39(2,3)4)29-35(37)41(8,9)10)26-32-28-34(40(5,6)7)30-36(38(32)45-46)42(11,12)13/h27-30H,14-26H2,1-13H3. The molecule has 0 aromatic heterocycles. The van der Waals surface area contributed by atoms with Crippen LogP contribution in [0.2, 0.25) is 0 Å². The highest BCUT2D eigenvalue weighted by Crippen LogP contribution is 2.53. The van der Waals surface area contributed by atoms with Gasteiger partial charge < -0.3 is 9.05 Å². The van der Waals surface area contributed by atoms with Crippen molar-refractivity contribution in [3.63, 3.8) is 0 Å². The molecule has 0 aliphatic carbocycles. The molecule has 2 aromatic rings. The highest BCUT2D eigenvalue weighted by atomic mass is 31.2. The first kappa shape index (κ1) is 38.9. The predicted octanol–water partition coefficient (Wildman–Crippen LogP) is 13.8. The Morgan fingerprint density at radius 2 is 0.891 bits per heavy atom. The minimum absolute atomic E-state index is 0.0246. The van der Waals surface area contributed by atoms with Crippen LogP contribution in [0.1, 0.15) is 194 Å². The maximum absolute atomic E-state index is 6.90. The summed E-state index contributed by atoms with van der Waals surface area (Å²) in [7, 11) is -1.63. The van der Waals surface area contributed by atoms with Crippen LogP contribution in [0.15, 0.2) is 24.3 Å². The molecule has 3 rings (SSSR count). The lowest BCUT2D eigenvalue weighted by atomic mass is 9.76. The van der Waals surface area contributed by atoms with Crippen molar-refractivity contribution in [3.8, 4) is 11.5 Å². The monoisotopic (exact) mass is 652 g/mol. The summed E-state index contributed by atoms with van der Waals surface area (Å²) in [5.41, 5.74) is 7.49. The van der Waals surface area contributed by atoms with Crippen molar-refractivity contribution in [1.29, 1.82) is 0 Å². The first-order chi connectivity index (χ1) is 21.3. The van der Waals surface area contributed by atoms with Crippen molar-refractivity contribution >= 4 is 8.60 Å². The maximum atomic E-state index is 6.90. The molecule has 0 unspecified atom stereocenters. The Balaban J connectivity index is 1.92. The molecule has 0 amide bonds. The quantitative estimate of drug-likeness (QED) is 0.159. The van der Waals surface area contributed by atoms with Crippen LogP contribution in [0.5, 0.6) is 11.5 Å². The fraction of sp³-hybridized carbons (Fsp3) is 0.714. The van der Waals surface area contributed by atoms with Gasteiger partial charge in [0.05, 0.1) is 6.61 Å². The molecule has 0 saturated carbocycles. The summed E-state index contributed by atoms with van der Waals surface area (Å²) in [5.74, 6) is 1.91. The molecule has 1 aliphatic heterocycles. The van der Waals surface area contributed by atoms with Crippen LogP contribution in [0.25, 0.3) is 0 Å². The summed E-state index contributed by atoms with van der Waals surface area (Å²) in [6, 6.07) is 9.50. The van der Waals surface area contributed by atoms with E-state index in [0.717, 1.165) is 24.3 Å². The summed E-state index contributed by atoms with van der Waals surface area (Å²) in [6.07, 6.45) is 15.2. The van der Waals surface area contributed by atoms with Crippen LogP contribution >= 0.6 is 8.60 Å². The molecule has 0 N–H and O–H groups in total. The fourth-order valence-electron chi connectivity index (χ4n) is 6.17. The molecule has 46 heavy (non-hydrogen) atoms. The van der Waals surface area contributed by atoms with Crippen LogP contribution in [-0.2, 0) is 32.6 Å². The van der Waals surface area contributed by atoms with Gasteiger partial charge in [0.15, 0.2) is 0 Å². The molecule has 0 spiro atoms. The van der Waals surface area contributed by atoms with Gasteiger partial charge in [0.2, 0.25) is 0 Å². The lowest BCUT2D eigenvalue weighted by molar-refractivity contribution is 0.253. The third-order valence-electron chi connectivity index (χ3n) is 9.34. The molecule has 4 heteroatoms. The molecular formula is C42H69O3P. The molecule has 0 atom stereocenters. The summed E-state index contributed by atoms with van der Waals surface area (Å²) in [5, 5.41) is 0. The van der Waals surface area contributed by atoms with E-state index in [2.05, 4.69) is 114 Å². The van der Waals surface area contributed by atoms with Crippen molar-refractivity contribution in [2.75, 3.05) is 6.61 Å². The largest absolute Gasteiger partial charge is 0.463 e. The Morgan fingerprint density at radius 1 is 0.522 bits per heavy atom. The Morgan fingerprint density at radius 3 is 1.24 bits per heavy atom. The number of hydrogen-bond acceptors (Lipinski definition) is 3. The molecule has 1 aliphatic rings. The van der Waals surface area contributed by atoms with Crippen LogP contribution in [0.4, 0.5) is 0 Å². The van der Waals surface area contributed by atoms with Gasteiger partial charge in [-0.3, -0.25) is 4.52 Å². The number of fused-ring (bicyclic) bond motifs is 2. The highest BCUT2D eigenvalue weighted by molar-refractivity contribution is 7.42. The van der Waals surface area contributed by atoms with Gasteiger partial charge in [-0.2, -0.15) is 0 Å². The summed E-state index contributed by atoms with van der Waals surface area (Å²) in [6.45, 7) is 30.5. The second kappa shape index (κ2) is 16.2. The van der Waals surface area contributed by atoms with Crippen molar-refractivity contribution in [2.45, 2.75) is 189 Å².